The zero-order valence-electron chi connectivity index (χ0n) is 18.5. The number of rotatable bonds is 11. The van der Waals surface area contributed by atoms with E-state index in [1.165, 1.54) is 14.2 Å². The zero-order chi connectivity index (χ0) is 25.3. The van der Waals surface area contributed by atoms with E-state index in [0.29, 0.717) is 17.9 Å². The summed E-state index contributed by atoms with van der Waals surface area (Å²) < 4.78 is 44.8. The Hall–Kier alpha value is -4.40. The van der Waals surface area contributed by atoms with E-state index >= 15 is 0 Å². The summed E-state index contributed by atoms with van der Waals surface area (Å²) in [5.41, 5.74) is -0.451. The second-order valence-corrected chi connectivity index (χ2v) is 6.56. The highest BCUT2D eigenvalue weighted by atomic mass is 19.3. The molecule has 12 heteroatoms. The van der Waals surface area contributed by atoms with Gasteiger partial charge in [0.1, 0.15) is 11.6 Å². The molecule has 0 aliphatic rings. The molecule has 0 radical (unpaired) electrons. The van der Waals surface area contributed by atoms with Crippen molar-refractivity contribution in [2.45, 2.75) is 13.0 Å². The van der Waals surface area contributed by atoms with Crippen LogP contribution in [0.15, 0.2) is 35.9 Å². The molecule has 0 fully saturated rings. The van der Waals surface area contributed by atoms with Crippen molar-refractivity contribution in [1.29, 1.82) is 5.26 Å². The first-order chi connectivity index (χ1) is 16.2. The van der Waals surface area contributed by atoms with Crippen molar-refractivity contribution >= 4 is 17.7 Å². The molecule has 0 saturated heterocycles. The number of nitrogens with one attached hydrogen (secondary N) is 1. The summed E-state index contributed by atoms with van der Waals surface area (Å²) in [6.45, 7) is -3.08. The summed E-state index contributed by atoms with van der Waals surface area (Å²) in [6.07, 6.45) is 1.37. The van der Waals surface area contributed by atoms with Gasteiger partial charge in [0.15, 0.2) is 23.0 Å². The van der Waals surface area contributed by atoms with Gasteiger partial charge in [-0.25, -0.2) is 0 Å². The lowest BCUT2D eigenvalue weighted by atomic mass is 10.1. The van der Waals surface area contributed by atoms with Gasteiger partial charge in [-0.1, -0.05) is 6.07 Å². The van der Waals surface area contributed by atoms with E-state index in [2.05, 4.69) is 10.1 Å². The Morgan fingerprint density at radius 3 is 2.32 bits per heavy atom. The van der Waals surface area contributed by atoms with Crippen LogP contribution in [0.2, 0.25) is 0 Å². The number of nitrogens with zero attached hydrogens (tertiary/aromatic N) is 2. The number of nitriles is 1. The lowest BCUT2D eigenvalue weighted by Crippen LogP contribution is -2.26. The quantitative estimate of drug-likeness (QED) is 0.225. The normalized spacial score (nSPS) is 10.9. The topological polar surface area (TPSA) is 133 Å². The molecule has 1 amide bonds. The highest BCUT2D eigenvalue weighted by molar-refractivity contribution is 6.02. The van der Waals surface area contributed by atoms with Crippen LogP contribution in [0.5, 0.6) is 23.0 Å². The monoisotopic (exact) mass is 477 g/mol. The number of hydrogen-bond acceptors (Lipinski definition) is 8. The molecule has 0 unspecified atom stereocenters. The molecule has 180 valence electrons. The molecule has 2 aromatic carbocycles. The van der Waals surface area contributed by atoms with Gasteiger partial charge in [0.05, 0.1) is 37.9 Å². The number of hydrogen-bond donors (Lipinski definition) is 1. The molecule has 0 spiro atoms. The average Bonchev–Trinajstić information content (AvgIpc) is 2.81. The second kappa shape index (κ2) is 12.0. The van der Waals surface area contributed by atoms with E-state index in [1.807, 2.05) is 0 Å². The van der Waals surface area contributed by atoms with Crippen LogP contribution in [-0.4, -0.2) is 45.3 Å². The molecule has 0 atom stereocenters. The minimum absolute atomic E-state index is 0.153. The van der Waals surface area contributed by atoms with E-state index in [-0.39, 0.29) is 17.9 Å². The van der Waals surface area contributed by atoms with Gasteiger partial charge in [-0.3, -0.25) is 14.9 Å². The fourth-order valence-corrected chi connectivity index (χ4v) is 2.94. The minimum Gasteiger partial charge on any atom is -0.493 e. The van der Waals surface area contributed by atoms with E-state index in [1.54, 1.807) is 24.3 Å². The molecule has 0 bridgehead atoms. The van der Waals surface area contributed by atoms with Crippen LogP contribution in [-0.2, 0) is 11.2 Å². The summed E-state index contributed by atoms with van der Waals surface area (Å²) in [5.74, 6) is -0.497. The van der Waals surface area contributed by atoms with Crippen molar-refractivity contribution in [2.24, 2.45) is 0 Å². The first-order valence-corrected chi connectivity index (χ1v) is 9.66. The largest absolute Gasteiger partial charge is 0.493 e. The maximum absolute atomic E-state index is 12.6. The van der Waals surface area contributed by atoms with Crippen LogP contribution in [0, 0.1) is 21.4 Å². The number of carbonyl (C=O) groups is 1. The predicted molar refractivity (Wildman–Crippen MR) is 116 cm³/mol. The smallest absolute Gasteiger partial charge is 0.387 e. The van der Waals surface area contributed by atoms with Crippen LogP contribution >= 0.6 is 0 Å². The number of methoxy groups -OCH3 is 3. The summed E-state index contributed by atoms with van der Waals surface area (Å²) in [5, 5.41) is 23.4. The molecule has 0 aromatic heterocycles. The third kappa shape index (κ3) is 6.55. The molecule has 10 nitrogen and oxygen atoms in total. The second-order valence-electron chi connectivity index (χ2n) is 6.56. The predicted octanol–water partition coefficient (Wildman–Crippen LogP) is 3.49. The van der Waals surface area contributed by atoms with Crippen molar-refractivity contribution in [3.63, 3.8) is 0 Å². The van der Waals surface area contributed by atoms with E-state index < -0.39 is 34.5 Å². The van der Waals surface area contributed by atoms with Gasteiger partial charge in [0.25, 0.3) is 11.6 Å². The van der Waals surface area contributed by atoms with Crippen LogP contribution in [0.3, 0.4) is 0 Å². The first-order valence-electron chi connectivity index (χ1n) is 9.66. The Balaban J connectivity index is 2.22. The third-order valence-electron chi connectivity index (χ3n) is 4.54. The molecule has 2 aromatic rings. The van der Waals surface area contributed by atoms with Gasteiger partial charge < -0.3 is 24.3 Å². The molecule has 0 saturated carbocycles. The Labute approximate surface area is 193 Å². The Bertz CT molecular complexity index is 1130. The highest BCUT2D eigenvalue weighted by Gasteiger charge is 2.22. The van der Waals surface area contributed by atoms with E-state index in [9.17, 15) is 29.0 Å². The molecular formula is C22H21F2N3O7. The maximum Gasteiger partial charge on any atom is 0.387 e. The van der Waals surface area contributed by atoms with Gasteiger partial charge >= 0.3 is 6.61 Å². The number of amides is 1. The van der Waals surface area contributed by atoms with Gasteiger partial charge in [0.2, 0.25) is 0 Å². The number of alkyl halides is 2. The van der Waals surface area contributed by atoms with E-state index in [0.717, 1.165) is 30.9 Å². The van der Waals surface area contributed by atoms with Crippen molar-refractivity contribution in [1.82, 2.24) is 5.32 Å². The van der Waals surface area contributed by atoms with Crippen LogP contribution < -0.4 is 24.3 Å². The number of ether oxygens (including phenoxy) is 4. The summed E-state index contributed by atoms with van der Waals surface area (Å²) in [7, 11) is 4.15. The van der Waals surface area contributed by atoms with Crippen molar-refractivity contribution < 1.29 is 37.4 Å². The minimum atomic E-state index is -3.24. The molecule has 0 aliphatic heterocycles. The molecule has 34 heavy (non-hydrogen) atoms. The lowest BCUT2D eigenvalue weighted by molar-refractivity contribution is -0.385. The first kappa shape index (κ1) is 25.9. The van der Waals surface area contributed by atoms with Crippen LogP contribution in [0.4, 0.5) is 14.5 Å². The van der Waals surface area contributed by atoms with Gasteiger partial charge in [0, 0.05) is 6.54 Å². The van der Waals surface area contributed by atoms with Crippen molar-refractivity contribution in [3.05, 3.63) is 57.1 Å². The fourth-order valence-electron chi connectivity index (χ4n) is 2.94. The molecule has 2 rings (SSSR count). The SMILES string of the molecule is COc1ccc(CCNC(=O)/C(C#N)=C/c2cc(OC)c(OC(F)F)cc2[N+](=O)[O-])cc1OC. The Kier molecular flexibility index (Phi) is 9.13. The molecule has 0 heterocycles. The molecular weight excluding hydrogens is 456 g/mol. The van der Waals surface area contributed by atoms with Crippen molar-refractivity contribution in [2.75, 3.05) is 27.9 Å². The molecule has 0 aliphatic carbocycles. The maximum atomic E-state index is 12.6. The van der Waals surface area contributed by atoms with E-state index in [4.69, 9.17) is 14.2 Å². The summed E-state index contributed by atoms with van der Waals surface area (Å²) in [4.78, 5) is 23.0. The van der Waals surface area contributed by atoms with Gasteiger partial charge in [-0.2, -0.15) is 14.0 Å². The number of nitro groups is 1. The van der Waals surface area contributed by atoms with Crippen LogP contribution in [0.25, 0.3) is 6.08 Å². The van der Waals surface area contributed by atoms with Gasteiger partial charge in [-0.15, -0.1) is 0 Å². The Morgan fingerprint density at radius 1 is 1.12 bits per heavy atom. The molecule has 1 N–H and O–H groups in total. The number of nitro benzene ring substituents is 1. The average molecular weight is 477 g/mol. The Morgan fingerprint density at radius 2 is 1.76 bits per heavy atom. The number of halogens is 2. The zero-order valence-corrected chi connectivity index (χ0v) is 18.5. The van der Waals surface area contributed by atoms with Gasteiger partial charge in [-0.05, 0) is 36.3 Å². The standard InChI is InChI=1S/C22H21F2N3O7/c1-31-17-5-4-13(8-18(17)32-2)6-7-26-21(28)15(12-25)9-14-10-19(33-3)20(34-22(23)24)11-16(14)27(29)30/h4-5,8-11,22H,6-7H2,1-3H3,(H,26,28)/b15-9+. The summed E-state index contributed by atoms with van der Waals surface area (Å²) in [6, 6.07) is 8.69. The fraction of sp³-hybridized carbons (Fsp3) is 0.273. The highest BCUT2D eigenvalue weighted by Crippen LogP contribution is 2.36. The number of carbonyl (C=O) groups excluding carboxylic acids is 1. The third-order valence-corrected chi connectivity index (χ3v) is 4.54. The lowest BCUT2D eigenvalue weighted by Gasteiger charge is -2.11. The summed E-state index contributed by atoms with van der Waals surface area (Å²) >= 11 is 0. The van der Waals surface area contributed by atoms with Crippen LogP contribution in [0.1, 0.15) is 11.1 Å². The van der Waals surface area contributed by atoms with Crippen molar-refractivity contribution in [3.8, 4) is 29.1 Å². The number of benzene rings is 2.